The number of amides is 1. The molecule has 21 heavy (non-hydrogen) atoms. The summed E-state index contributed by atoms with van der Waals surface area (Å²) in [4.78, 5) is 16.6. The Morgan fingerprint density at radius 2 is 2.24 bits per heavy atom. The SMILES string of the molecule is Cn1cc(CN2CCCN(C(=O)c3ccoc3)CC2)cn1. The molecule has 1 aliphatic heterocycles. The summed E-state index contributed by atoms with van der Waals surface area (Å²) in [5.74, 6) is 0.0620. The number of furan rings is 1. The van der Waals surface area contributed by atoms with E-state index in [1.807, 2.05) is 29.0 Å². The Morgan fingerprint density at radius 1 is 1.33 bits per heavy atom. The van der Waals surface area contributed by atoms with E-state index in [0.717, 1.165) is 39.1 Å². The van der Waals surface area contributed by atoms with Gasteiger partial charge < -0.3 is 9.32 Å². The van der Waals surface area contributed by atoms with Gasteiger partial charge in [0.15, 0.2) is 0 Å². The molecule has 3 rings (SSSR count). The molecule has 0 N–H and O–H groups in total. The maximum absolute atomic E-state index is 12.3. The van der Waals surface area contributed by atoms with E-state index in [4.69, 9.17) is 4.42 Å². The number of carbonyl (C=O) groups is 1. The lowest BCUT2D eigenvalue weighted by molar-refractivity contribution is 0.0760. The van der Waals surface area contributed by atoms with Crippen LogP contribution in [-0.2, 0) is 13.6 Å². The molecule has 6 heteroatoms. The smallest absolute Gasteiger partial charge is 0.257 e. The second-order valence-corrected chi connectivity index (χ2v) is 5.46. The largest absolute Gasteiger partial charge is 0.472 e. The highest BCUT2D eigenvalue weighted by Crippen LogP contribution is 2.12. The molecule has 1 aliphatic rings. The normalized spacial score (nSPS) is 16.9. The number of nitrogens with zero attached hydrogens (tertiary/aromatic N) is 4. The maximum Gasteiger partial charge on any atom is 0.257 e. The van der Waals surface area contributed by atoms with Crippen LogP contribution in [-0.4, -0.2) is 51.7 Å². The number of carbonyl (C=O) groups excluding carboxylic acids is 1. The van der Waals surface area contributed by atoms with Crippen molar-refractivity contribution in [1.82, 2.24) is 19.6 Å². The molecule has 3 heterocycles. The van der Waals surface area contributed by atoms with Gasteiger partial charge in [-0.3, -0.25) is 14.4 Å². The second kappa shape index (κ2) is 6.13. The topological polar surface area (TPSA) is 54.5 Å². The molecule has 0 saturated carbocycles. The van der Waals surface area contributed by atoms with Crippen LogP contribution >= 0.6 is 0 Å². The third-order valence-corrected chi connectivity index (χ3v) is 3.81. The van der Waals surface area contributed by atoms with Crippen LogP contribution < -0.4 is 0 Å². The Kier molecular flexibility index (Phi) is 4.06. The molecule has 2 aromatic rings. The highest BCUT2D eigenvalue weighted by Gasteiger charge is 2.21. The van der Waals surface area contributed by atoms with E-state index in [9.17, 15) is 4.79 Å². The summed E-state index contributed by atoms with van der Waals surface area (Å²) in [5.41, 5.74) is 1.85. The third kappa shape index (κ3) is 3.33. The van der Waals surface area contributed by atoms with Crippen molar-refractivity contribution in [1.29, 1.82) is 0 Å². The summed E-state index contributed by atoms with van der Waals surface area (Å²) in [5, 5.41) is 4.20. The fourth-order valence-electron chi connectivity index (χ4n) is 2.71. The van der Waals surface area contributed by atoms with E-state index < -0.39 is 0 Å². The predicted octanol–water partition coefficient (Wildman–Crippen LogP) is 1.36. The zero-order valence-electron chi connectivity index (χ0n) is 12.2. The molecule has 0 spiro atoms. The molecule has 2 aromatic heterocycles. The summed E-state index contributed by atoms with van der Waals surface area (Å²) in [6, 6.07) is 1.72. The van der Waals surface area contributed by atoms with Gasteiger partial charge in [-0.25, -0.2) is 0 Å². The number of rotatable bonds is 3. The minimum absolute atomic E-state index is 0.0620. The molecule has 0 aromatic carbocycles. The summed E-state index contributed by atoms with van der Waals surface area (Å²) < 4.78 is 6.81. The summed E-state index contributed by atoms with van der Waals surface area (Å²) in [7, 11) is 1.93. The van der Waals surface area contributed by atoms with Crippen molar-refractivity contribution in [2.45, 2.75) is 13.0 Å². The van der Waals surface area contributed by atoms with Gasteiger partial charge in [0.05, 0.1) is 18.0 Å². The molecule has 0 atom stereocenters. The Balaban J connectivity index is 1.58. The lowest BCUT2D eigenvalue weighted by Gasteiger charge is -2.21. The van der Waals surface area contributed by atoms with Crippen LogP contribution in [0.25, 0.3) is 0 Å². The van der Waals surface area contributed by atoms with Crippen LogP contribution in [0.3, 0.4) is 0 Å². The maximum atomic E-state index is 12.3. The molecular formula is C15H20N4O2. The number of hydrogen-bond donors (Lipinski definition) is 0. The number of hydrogen-bond acceptors (Lipinski definition) is 4. The van der Waals surface area contributed by atoms with Crippen molar-refractivity contribution in [2.24, 2.45) is 7.05 Å². The lowest BCUT2D eigenvalue weighted by Crippen LogP contribution is -2.34. The van der Waals surface area contributed by atoms with Crippen molar-refractivity contribution >= 4 is 5.91 Å². The average molecular weight is 288 g/mol. The number of aryl methyl sites for hydroxylation is 1. The predicted molar refractivity (Wildman–Crippen MR) is 77.7 cm³/mol. The minimum Gasteiger partial charge on any atom is -0.472 e. The Hall–Kier alpha value is -2.08. The highest BCUT2D eigenvalue weighted by molar-refractivity contribution is 5.93. The van der Waals surface area contributed by atoms with E-state index in [-0.39, 0.29) is 5.91 Å². The molecule has 112 valence electrons. The molecule has 6 nitrogen and oxygen atoms in total. The Morgan fingerprint density at radius 3 is 2.95 bits per heavy atom. The van der Waals surface area contributed by atoms with Crippen LogP contribution in [0.2, 0.25) is 0 Å². The molecule has 1 amide bonds. The third-order valence-electron chi connectivity index (χ3n) is 3.81. The van der Waals surface area contributed by atoms with Crippen molar-refractivity contribution in [3.8, 4) is 0 Å². The van der Waals surface area contributed by atoms with Crippen molar-refractivity contribution in [3.63, 3.8) is 0 Å². The summed E-state index contributed by atoms with van der Waals surface area (Å²) >= 11 is 0. The molecule has 0 bridgehead atoms. The monoisotopic (exact) mass is 288 g/mol. The lowest BCUT2D eigenvalue weighted by atomic mass is 10.3. The van der Waals surface area contributed by atoms with Crippen molar-refractivity contribution in [2.75, 3.05) is 26.2 Å². The van der Waals surface area contributed by atoms with Gasteiger partial charge in [0, 0.05) is 51.5 Å². The first-order valence-corrected chi connectivity index (χ1v) is 7.24. The van der Waals surface area contributed by atoms with Crippen LogP contribution in [0.4, 0.5) is 0 Å². The van der Waals surface area contributed by atoms with Crippen LogP contribution in [0, 0.1) is 0 Å². The molecular weight excluding hydrogens is 268 g/mol. The van der Waals surface area contributed by atoms with Crippen molar-refractivity contribution < 1.29 is 9.21 Å². The van der Waals surface area contributed by atoms with E-state index in [2.05, 4.69) is 10.00 Å². The zero-order valence-corrected chi connectivity index (χ0v) is 12.2. The molecule has 0 aliphatic carbocycles. The zero-order chi connectivity index (χ0) is 14.7. The Labute approximate surface area is 123 Å². The van der Waals surface area contributed by atoms with E-state index in [1.165, 1.54) is 11.8 Å². The highest BCUT2D eigenvalue weighted by atomic mass is 16.3. The van der Waals surface area contributed by atoms with Gasteiger partial charge in [-0.05, 0) is 12.5 Å². The van der Waals surface area contributed by atoms with Gasteiger partial charge in [-0.2, -0.15) is 5.10 Å². The first kappa shape index (κ1) is 13.9. The average Bonchev–Trinajstić information content (AvgIpc) is 3.08. The molecule has 1 saturated heterocycles. The summed E-state index contributed by atoms with van der Waals surface area (Å²) in [6.07, 6.45) is 7.99. The Bertz CT molecular complexity index is 591. The van der Waals surface area contributed by atoms with Crippen LogP contribution in [0.1, 0.15) is 22.3 Å². The van der Waals surface area contributed by atoms with Gasteiger partial charge in [-0.15, -0.1) is 0 Å². The quantitative estimate of drug-likeness (QED) is 0.856. The van der Waals surface area contributed by atoms with Gasteiger partial charge in [-0.1, -0.05) is 0 Å². The van der Waals surface area contributed by atoms with Gasteiger partial charge in [0.2, 0.25) is 0 Å². The van der Waals surface area contributed by atoms with Gasteiger partial charge in [0.25, 0.3) is 5.91 Å². The molecule has 1 fully saturated rings. The van der Waals surface area contributed by atoms with Crippen LogP contribution in [0.5, 0.6) is 0 Å². The van der Waals surface area contributed by atoms with E-state index >= 15 is 0 Å². The van der Waals surface area contributed by atoms with Crippen molar-refractivity contribution in [3.05, 3.63) is 42.1 Å². The first-order valence-electron chi connectivity index (χ1n) is 7.24. The standard InChI is InChI=1S/C15H20N4O2/c1-17-10-13(9-16-17)11-18-4-2-5-19(7-6-18)15(20)14-3-8-21-12-14/h3,8-10,12H,2,4-7,11H2,1H3. The minimum atomic E-state index is 0.0620. The van der Waals surface area contributed by atoms with E-state index in [1.54, 1.807) is 12.3 Å². The summed E-state index contributed by atoms with van der Waals surface area (Å²) in [6.45, 7) is 4.34. The van der Waals surface area contributed by atoms with Gasteiger partial charge in [0.1, 0.15) is 6.26 Å². The van der Waals surface area contributed by atoms with E-state index in [0.29, 0.717) is 5.56 Å². The van der Waals surface area contributed by atoms with Crippen LogP contribution in [0.15, 0.2) is 35.4 Å². The fraction of sp³-hybridized carbons (Fsp3) is 0.467. The number of aromatic nitrogens is 2. The van der Waals surface area contributed by atoms with Gasteiger partial charge >= 0.3 is 0 Å². The first-order chi connectivity index (χ1) is 10.2. The molecule has 0 unspecified atom stereocenters. The second-order valence-electron chi connectivity index (χ2n) is 5.46. The molecule has 0 radical (unpaired) electrons. The fourth-order valence-corrected chi connectivity index (χ4v) is 2.71.